The molecule has 0 radical (unpaired) electrons. The van der Waals surface area contributed by atoms with Gasteiger partial charge >= 0.3 is 0 Å². The van der Waals surface area contributed by atoms with E-state index in [0.717, 1.165) is 25.9 Å². The molecule has 0 aliphatic carbocycles. The van der Waals surface area contributed by atoms with Crippen LogP contribution < -0.4 is 16.2 Å². The van der Waals surface area contributed by atoms with E-state index in [1.54, 1.807) is 6.07 Å². The van der Waals surface area contributed by atoms with E-state index in [0.29, 0.717) is 24.0 Å². The van der Waals surface area contributed by atoms with Gasteiger partial charge in [-0.25, -0.2) is 15.8 Å². The largest absolute Gasteiger partial charge is 0.350 e. The van der Waals surface area contributed by atoms with Gasteiger partial charge in [0, 0.05) is 32.1 Å². The second kappa shape index (κ2) is 6.71. The van der Waals surface area contributed by atoms with Crippen LogP contribution in [0.4, 0.5) is 11.6 Å². The highest BCUT2D eigenvalue weighted by Gasteiger charge is 2.20. The lowest BCUT2D eigenvalue weighted by molar-refractivity contribution is -0.128. The van der Waals surface area contributed by atoms with Gasteiger partial charge < -0.3 is 15.2 Å². The molecule has 2 heterocycles. The van der Waals surface area contributed by atoms with Gasteiger partial charge in [-0.1, -0.05) is 13.8 Å². The van der Waals surface area contributed by atoms with Crippen molar-refractivity contribution >= 4 is 17.5 Å². The van der Waals surface area contributed by atoms with Gasteiger partial charge in [0.05, 0.1) is 6.54 Å². The summed E-state index contributed by atoms with van der Waals surface area (Å²) >= 11 is 0. The second-order valence-electron chi connectivity index (χ2n) is 5.71. The smallest absolute Gasteiger partial charge is 0.242 e. The van der Waals surface area contributed by atoms with Crippen molar-refractivity contribution in [3.8, 4) is 0 Å². The molecule has 21 heavy (non-hydrogen) atoms. The Kier molecular flexibility index (Phi) is 4.95. The van der Waals surface area contributed by atoms with Crippen molar-refractivity contribution in [2.45, 2.75) is 32.6 Å². The van der Waals surface area contributed by atoms with Gasteiger partial charge in [0.25, 0.3) is 0 Å². The Labute approximate surface area is 125 Å². The Hall–Kier alpha value is -1.89. The number of likely N-dealkylation sites (N-methyl/N-ethyl adjacent to an activating group) is 1. The van der Waals surface area contributed by atoms with E-state index < -0.39 is 0 Å². The third-order valence-electron chi connectivity index (χ3n) is 3.62. The molecule has 0 atom stereocenters. The number of carbonyl (C=O) groups excluding carboxylic acids is 1. The molecule has 0 aromatic carbocycles. The molecule has 1 saturated heterocycles. The molecule has 2 rings (SSSR count). The number of nitrogens with one attached hydrogen (secondary N) is 1. The Bertz CT molecular complexity index is 498. The first-order valence-corrected chi connectivity index (χ1v) is 7.35. The molecule has 0 unspecified atom stereocenters. The summed E-state index contributed by atoms with van der Waals surface area (Å²) in [4.78, 5) is 24.8. The van der Waals surface area contributed by atoms with Crippen molar-refractivity contribution in [2.24, 2.45) is 5.84 Å². The molecule has 1 amide bonds. The lowest BCUT2D eigenvalue weighted by atomic mass is 10.2. The zero-order valence-corrected chi connectivity index (χ0v) is 13.0. The quantitative estimate of drug-likeness (QED) is 0.620. The van der Waals surface area contributed by atoms with Crippen LogP contribution in [0.1, 0.15) is 38.4 Å². The maximum Gasteiger partial charge on any atom is 0.242 e. The fourth-order valence-electron chi connectivity index (χ4n) is 2.33. The van der Waals surface area contributed by atoms with Crippen molar-refractivity contribution in [3.63, 3.8) is 0 Å². The Morgan fingerprint density at radius 2 is 2.10 bits per heavy atom. The van der Waals surface area contributed by atoms with E-state index in [-0.39, 0.29) is 11.8 Å². The number of hydrogen-bond acceptors (Lipinski definition) is 6. The molecule has 0 spiro atoms. The molecule has 3 N–H and O–H groups in total. The van der Waals surface area contributed by atoms with Crippen LogP contribution in [-0.2, 0) is 4.79 Å². The Morgan fingerprint density at radius 1 is 1.43 bits per heavy atom. The molecular formula is C14H24N6O. The zero-order valence-electron chi connectivity index (χ0n) is 13.0. The van der Waals surface area contributed by atoms with Crippen LogP contribution in [0.15, 0.2) is 6.07 Å². The fraction of sp³-hybridized carbons (Fsp3) is 0.643. The minimum absolute atomic E-state index is 0.141. The van der Waals surface area contributed by atoms with Crippen LogP contribution in [0.3, 0.4) is 0 Å². The number of rotatable bonds is 5. The number of likely N-dealkylation sites (tertiary alicyclic amines) is 1. The number of nitrogens with two attached hydrogens (primary N) is 1. The zero-order chi connectivity index (χ0) is 15.4. The number of hydrogen-bond donors (Lipinski definition) is 2. The lowest BCUT2D eigenvalue weighted by Gasteiger charge is -2.23. The summed E-state index contributed by atoms with van der Waals surface area (Å²) in [6.07, 6.45) is 2.20. The predicted octanol–water partition coefficient (Wildman–Crippen LogP) is 0.944. The second-order valence-corrected chi connectivity index (χ2v) is 5.71. The van der Waals surface area contributed by atoms with E-state index >= 15 is 0 Å². The van der Waals surface area contributed by atoms with Gasteiger partial charge in [-0.05, 0) is 12.8 Å². The molecule has 1 aromatic heterocycles. The van der Waals surface area contributed by atoms with Gasteiger partial charge in [-0.15, -0.1) is 0 Å². The molecular weight excluding hydrogens is 268 g/mol. The van der Waals surface area contributed by atoms with Crippen molar-refractivity contribution in [1.82, 2.24) is 14.9 Å². The monoisotopic (exact) mass is 292 g/mol. The maximum absolute atomic E-state index is 12.2. The summed E-state index contributed by atoms with van der Waals surface area (Å²) in [5, 5.41) is 0. The van der Waals surface area contributed by atoms with E-state index in [4.69, 9.17) is 5.84 Å². The summed E-state index contributed by atoms with van der Waals surface area (Å²) in [5.74, 6) is 7.76. The molecule has 1 aromatic rings. The molecule has 0 bridgehead atoms. The number of anilines is 2. The van der Waals surface area contributed by atoms with Crippen LogP contribution >= 0.6 is 0 Å². The first kappa shape index (κ1) is 15.5. The minimum atomic E-state index is 0.141. The Morgan fingerprint density at radius 3 is 2.67 bits per heavy atom. The van der Waals surface area contributed by atoms with Gasteiger partial charge in [-0.3, -0.25) is 4.79 Å². The first-order valence-electron chi connectivity index (χ1n) is 7.35. The van der Waals surface area contributed by atoms with Crippen LogP contribution in [0.5, 0.6) is 0 Å². The number of nitrogen functional groups attached to an aromatic ring is 1. The van der Waals surface area contributed by atoms with Crippen molar-refractivity contribution in [3.05, 3.63) is 11.9 Å². The lowest BCUT2D eigenvalue weighted by Crippen LogP contribution is -2.37. The third kappa shape index (κ3) is 3.81. The van der Waals surface area contributed by atoms with Crippen LogP contribution in [0.25, 0.3) is 0 Å². The van der Waals surface area contributed by atoms with Crippen molar-refractivity contribution in [1.29, 1.82) is 0 Å². The number of amides is 1. The van der Waals surface area contributed by atoms with E-state index in [1.165, 1.54) is 0 Å². The molecule has 1 aliphatic heterocycles. The highest BCUT2D eigenvalue weighted by molar-refractivity contribution is 5.81. The van der Waals surface area contributed by atoms with E-state index in [9.17, 15) is 4.79 Å². The van der Waals surface area contributed by atoms with Crippen molar-refractivity contribution < 1.29 is 4.79 Å². The molecule has 116 valence electrons. The summed E-state index contributed by atoms with van der Waals surface area (Å²) in [5.41, 5.74) is 2.55. The topological polar surface area (TPSA) is 87.4 Å². The summed E-state index contributed by atoms with van der Waals surface area (Å²) < 4.78 is 0. The number of carbonyl (C=O) groups is 1. The summed E-state index contributed by atoms with van der Waals surface area (Å²) in [7, 11) is 1.86. The normalized spacial score (nSPS) is 14.6. The molecule has 0 saturated carbocycles. The maximum atomic E-state index is 12.2. The van der Waals surface area contributed by atoms with Gasteiger partial charge in [0.15, 0.2) is 0 Å². The van der Waals surface area contributed by atoms with Crippen LogP contribution in [0.2, 0.25) is 0 Å². The van der Waals surface area contributed by atoms with Gasteiger partial charge in [-0.2, -0.15) is 0 Å². The minimum Gasteiger partial charge on any atom is -0.350 e. The van der Waals surface area contributed by atoms with Crippen molar-refractivity contribution in [2.75, 3.05) is 37.0 Å². The molecule has 1 fully saturated rings. The van der Waals surface area contributed by atoms with Crippen LogP contribution in [-0.4, -0.2) is 47.5 Å². The average molecular weight is 292 g/mol. The molecule has 7 nitrogen and oxygen atoms in total. The van der Waals surface area contributed by atoms with E-state index in [1.807, 2.05) is 30.7 Å². The summed E-state index contributed by atoms with van der Waals surface area (Å²) in [6.45, 7) is 6.09. The standard InChI is InChI=1S/C14H24N6O/c1-10(2)14-16-11(18-15)8-12(17-14)19(3)9-13(21)20-6-4-5-7-20/h8,10H,4-7,9,15H2,1-3H3,(H,16,17,18). The summed E-state index contributed by atoms with van der Waals surface area (Å²) in [6, 6.07) is 1.75. The third-order valence-corrected chi connectivity index (χ3v) is 3.62. The SMILES string of the molecule is CC(C)c1nc(NN)cc(N(C)CC(=O)N2CCCC2)n1. The number of nitrogens with zero attached hydrogens (tertiary/aromatic N) is 4. The average Bonchev–Trinajstić information content (AvgIpc) is 3.00. The number of hydrazine groups is 1. The number of aromatic nitrogens is 2. The fourth-order valence-corrected chi connectivity index (χ4v) is 2.33. The van der Waals surface area contributed by atoms with Gasteiger partial charge in [0.1, 0.15) is 17.5 Å². The van der Waals surface area contributed by atoms with Crippen LogP contribution in [0, 0.1) is 0 Å². The highest BCUT2D eigenvalue weighted by atomic mass is 16.2. The Balaban J connectivity index is 2.12. The predicted molar refractivity (Wildman–Crippen MR) is 83.0 cm³/mol. The van der Waals surface area contributed by atoms with E-state index in [2.05, 4.69) is 15.4 Å². The first-order chi connectivity index (χ1) is 10.0. The molecule has 7 heteroatoms. The molecule has 1 aliphatic rings. The highest BCUT2D eigenvalue weighted by Crippen LogP contribution is 2.19. The van der Waals surface area contributed by atoms with Gasteiger partial charge in [0.2, 0.25) is 5.91 Å².